The molecule has 0 spiro atoms. The van der Waals surface area contributed by atoms with Crippen molar-refractivity contribution in [3.63, 3.8) is 0 Å². The third-order valence-electron chi connectivity index (χ3n) is 10.1. The zero-order valence-corrected chi connectivity index (χ0v) is 19.7. The number of hydrogen-bond acceptors (Lipinski definition) is 2. The Balaban J connectivity index is 1.57. The summed E-state index contributed by atoms with van der Waals surface area (Å²) >= 11 is 0. The monoisotopic (exact) mass is 402 g/mol. The molecule has 166 valence electrons. The average Bonchev–Trinajstić information content (AvgIpc) is 2.93. The van der Waals surface area contributed by atoms with Gasteiger partial charge in [-0.15, -0.1) is 0 Å². The van der Waals surface area contributed by atoms with Gasteiger partial charge in [0.05, 0.1) is 12.2 Å². The number of allylic oxidation sites excluding steroid dienone is 1. The van der Waals surface area contributed by atoms with Crippen molar-refractivity contribution in [2.45, 2.75) is 117 Å². The van der Waals surface area contributed by atoms with E-state index in [-0.39, 0.29) is 23.0 Å². The molecule has 2 N–H and O–H groups in total. The van der Waals surface area contributed by atoms with Crippen LogP contribution in [-0.2, 0) is 0 Å². The largest absolute Gasteiger partial charge is 0.393 e. The molecule has 2 heteroatoms. The van der Waals surface area contributed by atoms with Crippen LogP contribution in [0.5, 0.6) is 0 Å². The maximum absolute atomic E-state index is 11.3. The Morgan fingerprint density at radius 1 is 0.966 bits per heavy atom. The van der Waals surface area contributed by atoms with E-state index in [1.165, 1.54) is 44.9 Å². The van der Waals surface area contributed by atoms with Gasteiger partial charge in [-0.3, -0.25) is 0 Å². The first-order valence-corrected chi connectivity index (χ1v) is 12.8. The molecule has 0 aliphatic heterocycles. The summed E-state index contributed by atoms with van der Waals surface area (Å²) in [6.07, 6.45) is 12.8. The molecular formula is C27H46O2. The normalized spacial score (nSPS) is 45.7. The second-order valence-electron chi connectivity index (χ2n) is 12.3. The topological polar surface area (TPSA) is 40.5 Å². The molecule has 4 aliphatic rings. The maximum atomic E-state index is 11.3. The summed E-state index contributed by atoms with van der Waals surface area (Å²) in [7, 11) is 0. The Morgan fingerprint density at radius 2 is 1.72 bits per heavy atom. The van der Waals surface area contributed by atoms with Gasteiger partial charge >= 0.3 is 0 Å². The molecule has 2 fully saturated rings. The first kappa shape index (κ1) is 21.9. The molecule has 2 nitrogen and oxygen atoms in total. The van der Waals surface area contributed by atoms with E-state index in [9.17, 15) is 10.2 Å². The molecule has 0 aromatic carbocycles. The van der Waals surface area contributed by atoms with Crippen LogP contribution in [0.25, 0.3) is 0 Å². The third kappa shape index (κ3) is 3.65. The minimum Gasteiger partial charge on any atom is -0.393 e. The van der Waals surface area contributed by atoms with E-state index in [0.29, 0.717) is 17.8 Å². The summed E-state index contributed by atoms with van der Waals surface area (Å²) in [4.78, 5) is 0. The van der Waals surface area contributed by atoms with Gasteiger partial charge < -0.3 is 10.2 Å². The standard InChI is InChI=1S/C27H46O2/c1-17(2)7-6-8-18(3)23-16-24(29)25-21-10-9-19-15-20(28)11-13-26(19,4)22(21)12-14-27(23,25)5/h17-20,23-25,28-29H,6-16H2,1-5H3/t18-,19?,20+,23-,24-,25-,26+,27-/m1/s1. The summed E-state index contributed by atoms with van der Waals surface area (Å²) in [6.45, 7) is 12.2. The SMILES string of the molecule is CC(C)CCC[C@@H](C)[C@H]1C[C@@H](O)[C@H]2C3=C(CC[C@]12C)[C@@]1(C)CC[C@H](O)CC1CC3. The Morgan fingerprint density at radius 3 is 2.45 bits per heavy atom. The Kier molecular flexibility index (Phi) is 6.01. The van der Waals surface area contributed by atoms with Crippen LogP contribution in [-0.4, -0.2) is 22.4 Å². The zero-order chi connectivity index (χ0) is 21.0. The number of rotatable bonds is 5. The van der Waals surface area contributed by atoms with Gasteiger partial charge in [-0.25, -0.2) is 0 Å². The van der Waals surface area contributed by atoms with Crippen molar-refractivity contribution in [2.75, 3.05) is 0 Å². The van der Waals surface area contributed by atoms with Gasteiger partial charge in [0, 0.05) is 5.92 Å². The fraction of sp³-hybridized carbons (Fsp3) is 0.926. The fourth-order valence-corrected chi connectivity index (χ4v) is 8.48. The maximum Gasteiger partial charge on any atom is 0.0613 e. The van der Waals surface area contributed by atoms with Gasteiger partial charge in [0.25, 0.3) is 0 Å². The molecule has 29 heavy (non-hydrogen) atoms. The smallest absolute Gasteiger partial charge is 0.0613 e. The van der Waals surface area contributed by atoms with Crippen LogP contribution in [0.1, 0.15) is 105 Å². The van der Waals surface area contributed by atoms with Gasteiger partial charge in [-0.05, 0) is 85.9 Å². The lowest BCUT2D eigenvalue weighted by atomic mass is 9.50. The Hall–Kier alpha value is -0.340. The van der Waals surface area contributed by atoms with E-state index in [4.69, 9.17) is 0 Å². The quantitative estimate of drug-likeness (QED) is 0.515. The lowest BCUT2D eigenvalue weighted by Crippen LogP contribution is -2.46. The van der Waals surface area contributed by atoms with E-state index in [1.54, 1.807) is 11.1 Å². The highest BCUT2D eigenvalue weighted by molar-refractivity contribution is 5.35. The lowest BCUT2D eigenvalue weighted by molar-refractivity contribution is 0.00658. The van der Waals surface area contributed by atoms with Gasteiger partial charge in [-0.1, -0.05) is 65.0 Å². The van der Waals surface area contributed by atoms with Crippen LogP contribution in [0.2, 0.25) is 0 Å². The van der Waals surface area contributed by atoms with E-state index in [1.807, 2.05) is 0 Å². The molecular weight excluding hydrogens is 356 g/mol. The van der Waals surface area contributed by atoms with Crippen LogP contribution < -0.4 is 0 Å². The third-order valence-corrected chi connectivity index (χ3v) is 10.1. The first-order chi connectivity index (χ1) is 13.7. The summed E-state index contributed by atoms with van der Waals surface area (Å²) in [6, 6.07) is 0. The molecule has 0 amide bonds. The number of hydrogen-bond donors (Lipinski definition) is 2. The van der Waals surface area contributed by atoms with Gasteiger partial charge in [0.15, 0.2) is 0 Å². The Bertz CT molecular complexity index is 636. The second-order valence-corrected chi connectivity index (χ2v) is 12.3. The first-order valence-electron chi connectivity index (χ1n) is 12.8. The highest BCUT2D eigenvalue weighted by Crippen LogP contribution is 2.66. The van der Waals surface area contributed by atoms with E-state index in [2.05, 4.69) is 34.6 Å². The summed E-state index contributed by atoms with van der Waals surface area (Å²) < 4.78 is 0. The molecule has 0 radical (unpaired) electrons. The van der Waals surface area contributed by atoms with Crippen LogP contribution in [0.4, 0.5) is 0 Å². The average molecular weight is 403 g/mol. The molecule has 1 unspecified atom stereocenters. The minimum absolute atomic E-state index is 0.0859. The van der Waals surface area contributed by atoms with E-state index in [0.717, 1.165) is 37.5 Å². The molecule has 0 aromatic rings. The van der Waals surface area contributed by atoms with Crippen molar-refractivity contribution in [1.29, 1.82) is 0 Å². The fourth-order valence-electron chi connectivity index (χ4n) is 8.48. The molecule has 0 saturated heterocycles. The molecule has 0 heterocycles. The van der Waals surface area contributed by atoms with Crippen LogP contribution >= 0.6 is 0 Å². The number of aliphatic hydroxyl groups is 2. The van der Waals surface area contributed by atoms with Gasteiger partial charge in [0.1, 0.15) is 0 Å². The van der Waals surface area contributed by atoms with Crippen molar-refractivity contribution in [3.05, 3.63) is 11.1 Å². The van der Waals surface area contributed by atoms with Crippen molar-refractivity contribution in [1.82, 2.24) is 0 Å². The Labute approximate surface area is 179 Å². The van der Waals surface area contributed by atoms with Crippen molar-refractivity contribution in [2.24, 2.45) is 40.4 Å². The van der Waals surface area contributed by atoms with Crippen molar-refractivity contribution < 1.29 is 10.2 Å². The molecule has 4 aliphatic carbocycles. The number of aliphatic hydroxyl groups excluding tert-OH is 2. The predicted molar refractivity (Wildman–Crippen MR) is 121 cm³/mol. The summed E-state index contributed by atoms with van der Waals surface area (Å²) in [5, 5.41) is 21.5. The second kappa shape index (κ2) is 7.97. The minimum atomic E-state index is -0.142. The predicted octanol–water partition coefficient (Wildman–Crippen LogP) is 6.50. The highest BCUT2D eigenvalue weighted by Gasteiger charge is 2.58. The molecule has 0 bridgehead atoms. The van der Waals surface area contributed by atoms with Crippen LogP contribution in [0.3, 0.4) is 0 Å². The van der Waals surface area contributed by atoms with E-state index < -0.39 is 0 Å². The zero-order valence-electron chi connectivity index (χ0n) is 19.7. The van der Waals surface area contributed by atoms with Crippen molar-refractivity contribution in [3.8, 4) is 0 Å². The summed E-state index contributed by atoms with van der Waals surface area (Å²) in [5.74, 6) is 3.24. The molecule has 8 atom stereocenters. The van der Waals surface area contributed by atoms with E-state index >= 15 is 0 Å². The van der Waals surface area contributed by atoms with Crippen LogP contribution in [0, 0.1) is 40.4 Å². The van der Waals surface area contributed by atoms with Gasteiger partial charge in [0.2, 0.25) is 0 Å². The summed E-state index contributed by atoms with van der Waals surface area (Å²) in [5.41, 5.74) is 3.95. The lowest BCUT2D eigenvalue weighted by Gasteiger charge is -2.55. The highest BCUT2D eigenvalue weighted by atomic mass is 16.3. The molecule has 2 saturated carbocycles. The van der Waals surface area contributed by atoms with Gasteiger partial charge in [-0.2, -0.15) is 0 Å². The van der Waals surface area contributed by atoms with Crippen LogP contribution in [0.15, 0.2) is 11.1 Å². The number of fused-ring (bicyclic) bond motifs is 4. The van der Waals surface area contributed by atoms with Crippen molar-refractivity contribution >= 4 is 0 Å². The molecule has 0 aromatic heterocycles. The molecule has 4 rings (SSSR count).